The number of carbonyl (C=O) groups is 1. The van der Waals surface area contributed by atoms with Gasteiger partial charge in [-0.15, -0.1) is 0 Å². The quantitative estimate of drug-likeness (QED) is 0.632. The van der Waals surface area contributed by atoms with Gasteiger partial charge in [-0.25, -0.2) is 0 Å². The third-order valence-electron chi connectivity index (χ3n) is 1.39. The van der Waals surface area contributed by atoms with E-state index in [1.54, 1.807) is 0 Å². The van der Waals surface area contributed by atoms with Crippen LogP contribution >= 0.6 is 0 Å². The third kappa shape index (κ3) is 1.56. The molecule has 0 saturated carbocycles. The highest BCUT2D eigenvalue weighted by Crippen LogP contribution is 2.12. The summed E-state index contributed by atoms with van der Waals surface area (Å²) in [7, 11) is 0. The van der Waals surface area contributed by atoms with Crippen LogP contribution in [0.2, 0.25) is 0 Å². The first-order valence-electron chi connectivity index (χ1n) is 3.08. The second-order valence-electron chi connectivity index (χ2n) is 2.08. The van der Waals surface area contributed by atoms with Crippen LogP contribution in [0.15, 0.2) is 17.0 Å². The molecule has 0 amide bonds. The molecular weight excluding hydrogens is 148 g/mol. The number of hydrogen-bond donors (Lipinski definition) is 2. The van der Waals surface area contributed by atoms with Crippen LogP contribution in [-0.4, -0.2) is 22.8 Å². The van der Waals surface area contributed by atoms with Gasteiger partial charge in [-0.05, 0) is 0 Å². The van der Waals surface area contributed by atoms with Gasteiger partial charge in [0.15, 0.2) is 0 Å². The van der Waals surface area contributed by atoms with Crippen molar-refractivity contribution < 1.29 is 14.4 Å². The molecule has 0 bridgehead atoms. The topological polar surface area (TPSA) is 89.4 Å². The van der Waals surface area contributed by atoms with Crippen molar-refractivity contribution in [1.29, 1.82) is 0 Å². The summed E-state index contributed by atoms with van der Waals surface area (Å²) in [5.41, 5.74) is 5.71. The molecule has 0 saturated heterocycles. The Morgan fingerprint density at radius 1 is 1.91 bits per heavy atom. The van der Waals surface area contributed by atoms with Crippen LogP contribution in [0, 0.1) is 0 Å². The Morgan fingerprint density at radius 2 is 2.64 bits per heavy atom. The highest BCUT2D eigenvalue weighted by atomic mass is 16.5. The number of carboxylic acids is 1. The van der Waals surface area contributed by atoms with E-state index < -0.39 is 11.9 Å². The molecule has 1 aromatic heterocycles. The van der Waals surface area contributed by atoms with Crippen LogP contribution in [0.4, 0.5) is 0 Å². The molecule has 0 aliphatic heterocycles. The van der Waals surface area contributed by atoms with Gasteiger partial charge in [-0.3, -0.25) is 4.79 Å². The zero-order chi connectivity index (χ0) is 8.27. The lowest BCUT2D eigenvalue weighted by molar-refractivity contribution is -0.138. The summed E-state index contributed by atoms with van der Waals surface area (Å²) in [6.45, 7) is 0.0521. The van der Waals surface area contributed by atoms with Crippen LogP contribution in [0.5, 0.6) is 0 Å². The Kier molecular flexibility index (Phi) is 2.22. The molecule has 1 atom stereocenters. The molecule has 1 aromatic rings. The number of carboxylic acid groups (broad SMARTS) is 1. The summed E-state index contributed by atoms with van der Waals surface area (Å²) in [5.74, 6) is -1.67. The van der Waals surface area contributed by atoms with Gasteiger partial charge >= 0.3 is 5.97 Å². The zero-order valence-electron chi connectivity index (χ0n) is 5.73. The number of aromatic nitrogens is 1. The van der Waals surface area contributed by atoms with Crippen molar-refractivity contribution >= 4 is 5.97 Å². The fourth-order valence-corrected chi connectivity index (χ4v) is 0.765. The largest absolute Gasteiger partial charge is 0.481 e. The number of nitrogens with two attached hydrogens (primary N) is 1. The fourth-order valence-electron chi connectivity index (χ4n) is 0.765. The number of rotatable bonds is 3. The van der Waals surface area contributed by atoms with E-state index in [0.717, 1.165) is 0 Å². The average molecular weight is 156 g/mol. The smallest absolute Gasteiger partial charge is 0.312 e. The summed E-state index contributed by atoms with van der Waals surface area (Å²) in [5, 5.41) is 12.0. The molecule has 5 nitrogen and oxygen atoms in total. The molecule has 0 radical (unpaired) electrons. The maximum Gasteiger partial charge on any atom is 0.312 e. The Labute approximate surface area is 62.8 Å². The van der Waals surface area contributed by atoms with Gasteiger partial charge in [0.25, 0.3) is 0 Å². The molecule has 1 unspecified atom stereocenters. The van der Waals surface area contributed by atoms with Gasteiger partial charge in [-0.2, -0.15) is 0 Å². The zero-order valence-corrected chi connectivity index (χ0v) is 5.73. The molecule has 1 heterocycles. The van der Waals surface area contributed by atoms with E-state index in [4.69, 9.17) is 10.8 Å². The van der Waals surface area contributed by atoms with E-state index in [1.807, 2.05) is 0 Å². The van der Waals surface area contributed by atoms with Gasteiger partial charge in [0.05, 0.1) is 12.1 Å². The Hall–Kier alpha value is -1.36. The second-order valence-corrected chi connectivity index (χ2v) is 2.08. The van der Waals surface area contributed by atoms with E-state index in [1.165, 1.54) is 12.5 Å². The first kappa shape index (κ1) is 7.74. The van der Waals surface area contributed by atoms with Crippen molar-refractivity contribution in [2.75, 3.05) is 6.54 Å². The molecule has 1 rings (SSSR count). The lowest BCUT2D eigenvalue weighted by Crippen LogP contribution is -2.20. The van der Waals surface area contributed by atoms with E-state index >= 15 is 0 Å². The fraction of sp³-hybridized carbons (Fsp3) is 0.333. The van der Waals surface area contributed by atoms with Crippen LogP contribution in [-0.2, 0) is 4.79 Å². The molecule has 60 valence electrons. The van der Waals surface area contributed by atoms with Crippen molar-refractivity contribution in [3.8, 4) is 0 Å². The third-order valence-corrected chi connectivity index (χ3v) is 1.39. The summed E-state index contributed by atoms with van der Waals surface area (Å²) in [4.78, 5) is 10.5. The Balaban J connectivity index is 2.79. The normalized spacial score (nSPS) is 12.8. The van der Waals surface area contributed by atoms with Gasteiger partial charge in [-0.1, -0.05) is 5.16 Å². The van der Waals surface area contributed by atoms with Gasteiger partial charge in [0, 0.05) is 12.1 Å². The minimum absolute atomic E-state index is 0.0521. The molecule has 0 aromatic carbocycles. The highest BCUT2D eigenvalue weighted by Gasteiger charge is 2.19. The SMILES string of the molecule is NCC(C(=O)O)c1cnoc1. The number of aliphatic carboxylic acids is 1. The molecule has 3 N–H and O–H groups in total. The molecule has 0 fully saturated rings. The van der Waals surface area contributed by atoms with Crippen molar-refractivity contribution in [2.24, 2.45) is 5.73 Å². The average Bonchev–Trinajstić information content (AvgIpc) is 2.40. The summed E-state index contributed by atoms with van der Waals surface area (Å²) < 4.78 is 4.48. The van der Waals surface area contributed by atoms with Crippen LogP contribution < -0.4 is 5.73 Å². The second kappa shape index (κ2) is 3.16. The van der Waals surface area contributed by atoms with Crippen LogP contribution in [0.25, 0.3) is 0 Å². The lowest BCUT2D eigenvalue weighted by Gasteiger charge is -2.03. The van der Waals surface area contributed by atoms with Crippen molar-refractivity contribution in [2.45, 2.75) is 5.92 Å². The lowest BCUT2D eigenvalue weighted by atomic mass is 10.0. The minimum atomic E-state index is -0.962. The maximum atomic E-state index is 10.5. The van der Waals surface area contributed by atoms with Gasteiger partial charge in [0.2, 0.25) is 0 Å². The summed E-state index contributed by atoms with van der Waals surface area (Å²) >= 11 is 0. The van der Waals surface area contributed by atoms with Gasteiger partial charge < -0.3 is 15.4 Å². The minimum Gasteiger partial charge on any atom is -0.481 e. The molecule has 0 aliphatic carbocycles. The highest BCUT2D eigenvalue weighted by molar-refractivity contribution is 5.76. The summed E-state index contributed by atoms with van der Waals surface area (Å²) in [6, 6.07) is 0. The predicted molar refractivity (Wildman–Crippen MR) is 35.9 cm³/mol. The number of hydrogen-bond acceptors (Lipinski definition) is 4. The molecular formula is C6H8N2O3. The molecule has 0 aliphatic rings. The van der Waals surface area contributed by atoms with E-state index in [9.17, 15) is 4.79 Å². The Bertz CT molecular complexity index is 232. The Morgan fingerprint density at radius 3 is 3.00 bits per heavy atom. The van der Waals surface area contributed by atoms with Crippen molar-refractivity contribution in [3.63, 3.8) is 0 Å². The molecule has 0 spiro atoms. The molecule has 5 heteroatoms. The molecule has 11 heavy (non-hydrogen) atoms. The van der Waals surface area contributed by atoms with E-state index in [2.05, 4.69) is 9.68 Å². The van der Waals surface area contributed by atoms with Crippen LogP contribution in [0.3, 0.4) is 0 Å². The monoisotopic (exact) mass is 156 g/mol. The van der Waals surface area contributed by atoms with E-state index in [0.29, 0.717) is 5.56 Å². The predicted octanol–water partition coefficient (Wildman–Crippen LogP) is -0.199. The van der Waals surface area contributed by atoms with Gasteiger partial charge in [0.1, 0.15) is 6.26 Å². The summed E-state index contributed by atoms with van der Waals surface area (Å²) in [6.07, 6.45) is 2.64. The first-order valence-corrected chi connectivity index (χ1v) is 3.08. The van der Waals surface area contributed by atoms with Crippen molar-refractivity contribution in [3.05, 3.63) is 18.0 Å². The number of nitrogens with zero attached hydrogens (tertiary/aromatic N) is 1. The van der Waals surface area contributed by atoms with Crippen molar-refractivity contribution in [1.82, 2.24) is 5.16 Å². The van der Waals surface area contributed by atoms with E-state index in [-0.39, 0.29) is 6.54 Å². The maximum absolute atomic E-state index is 10.5. The first-order chi connectivity index (χ1) is 5.25. The van der Waals surface area contributed by atoms with Crippen LogP contribution in [0.1, 0.15) is 11.5 Å². The standard InChI is InChI=1S/C6H8N2O3/c7-1-5(6(9)10)4-2-8-11-3-4/h2-3,5H,1,7H2,(H,9,10).